The van der Waals surface area contributed by atoms with E-state index in [4.69, 9.17) is 0 Å². The van der Waals surface area contributed by atoms with Crippen molar-refractivity contribution >= 4 is 22.7 Å². The van der Waals surface area contributed by atoms with Gasteiger partial charge >= 0.3 is 12.4 Å². The summed E-state index contributed by atoms with van der Waals surface area (Å²) in [5.41, 5.74) is -0.547. The van der Waals surface area contributed by atoms with E-state index in [0.717, 1.165) is 4.68 Å². The number of fused-ring (bicyclic) bond motifs is 1. The molecule has 5 rings (SSSR count). The largest absolute Gasteiger partial charge is 0.435 e. The van der Waals surface area contributed by atoms with Crippen molar-refractivity contribution in [1.82, 2.24) is 29.7 Å². The Hall–Kier alpha value is -3.19. The van der Waals surface area contributed by atoms with E-state index in [1.807, 2.05) is 4.90 Å². The third-order valence-corrected chi connectivity index (χ3v) is 6.24. The lowest BCUT2D eigenvalue weighted by molar-refractivity contribution is -0.142. The summed E-state index contributed by atoms with van der Waals surface area (Å²) in [6.45, 7) is 3.56. The maximum absolute atomic E-state index is 13.4. The molecule has 2 aliphatic heterocycles. The van der Waals surface area contributed by atoms with E-state index in [2.05, 4.69) is 25.0 Å². The number of aryl methyl sites for hydroxylation is 2. The molecule has 0 aromatic carbocycles. The first kappa shape index (κ1) is 22.6. The quantitative estimate of drug-likeness (QED) is 0.525. The number of halogens is 6. The van der Waals surface area contributed by atoms with Crippen LogP contribution in [-0.4, -0.2) is 62.1 Å². The van der Waals surface area contributed by atoms with Gasteiger partial charge in [-0.15, -0.1) is 0 Å². The molecule has 0 radical (unpaired) electrons. The summed E-state index contributed by atoms with van der Waals surface area (Å²) in [5, 5.41) is 3.92. The first-order valence-electron chi connectivity index (χ1n) is 10.5. The van der Waals surface area contributed by atoms with Crippen molar-refractivity contribution in [3.05, 3.63) is 29.6 Å². The summed E-state index contributed by atoms with van der Waals surface area (Å²) in [6.07, 6.45) is -5.63. The number of anilines is 2. The summed E-state index contributed by atoms with van der Waals surface area (Å²) in [7, 11) is 0. The molecule has 0 amide bonds. The molecule has 3 aromatic rings. The molecule has 5 heterocycles. The highest BCUT2D eigenvalue weighted by Crippen LogP contribution is 2.45. The first-order chi connectivity index (χ1) is 15.8. The van der Waals surface area contributed by atoms with Crippen molar-refractivity contribution in [2.45, 2.75) is 39.2 Å². The minimum Gasteiger partial charge on any atom is -0.367 e. The SMILES string of the molecule is Cc1ncc(N2CC3(CCN(c4cnc5c(C)nn(CC(F)(F)F)c5n4)C3)C2)c(C(F)(F)F)n1. The second kappa shape index (κ2) is 7.40. The van der Waals surface area contributed by atoms with Crippen LogP contribution in [0.2, 0.25) is 0 Å². The van der Waals surface area contributed by atoms with E-state index in [1.54, 1.807) is 11.8 Å². The van der Waals surface area contributed by atoms with Gasteiger partial charge in [0.2, 0.25) is 0 Å². The summed E-state index contributed by atoms with van der Waals surface area (Å²) in [6, 6.07) is 0. The fourth-order valence-corrected chi connectivity index (χ4v) is 4.74. The number of aromatic nitrogens is 6. The van der Waals surface area contributed by atoms with Crippen molar-refractivity contribution in [3.8, 4) is 0 Å². The third kappa shape index (κ3) is 3.98. The van der Waals surface area contributed by atoms with Crippen LogP contribution in [0.1, 0.15) is 23.6 Å². The zero-order valence-corrected chi connectivity index (χ0v) is 18.2. The molecule has 8 nitrogen and oxygen atoms in total. The maximum atomic E-state index is 13.4. The third-order valence-electron chi connectivity index (χ3n) is 6.24. The van der Waals surface area contributed by atoms with E-state index in [9.17, 15) is 26.3 Å². The van der Waals surface area contributed by atoms with E-state index >= 15 is 0 Å². The minimum atomic E-state index is -4.59. The normalized spacial score (nSPS) is 18.2. The lowest BCUT2D eigenvalue weighted by atomic mass is 9.78. The lowest BCUT2D eigenvalue weighted by Crippen LogP contribution is -2.58. The number of hydrogen-bond acceptors (Lipinski definition) is 7. The second-order valence-electron chi connectivity index (χ2n) is 8.94. The molecule has 0 saturated carbocycles. The average Bonchev–Trinajstić information content (AvgIpc) is 3.27. The van der Waals surface area contributed by atoms with Crippen LogP contribution in [-0.2, 0) is 12.7 Å². The molecule has 0 atom stereocenters. The predicted octanol–water partition coefficient (Wildman–Crippen LogP) is 3.53. The predicted molar refractivity (Wildman–Crippen MR) is 109 cm³/mol. The van der Waals surface area contributed by atoms with E-state index in [-0.39, 0.29) is 22.6 Å². The van der Waals surface area contributed by atoms with E-state index in [1.165, 1.54) is 19.3 Å². The molecule has 182 valence electrons. The van der Waals surface area contributed by atoms with Gasteiger partial charge in [-0.05, 0) is 20.3 Å². The highest BCUT2D eigenvalue weighted by Gasteiger charge is 2.50. The fraction of sp³-hybridized carbons (Fsp3) is 0.550. The van der Waals surface area contributed by atoms with Gasteiger partial charge in [0.1, 0.15) is 23.7 Å². The number of hydrogen-bond donors (Lipinski definition) is 0. The van der Waals surface area contributed by atoms with Crippen molar-refractivity contribution in [2.24, 2.45) is 5.41 Å². The van der Waals surface area contributed by atoms with Crippen LogP contribution >= 0.6 is 0 Å². The molecule has 2 fully saturated rings. The monoisotopic (exact) mass is 486 g/mol. The van der Waals surface area contributed by atoms with Crippen LogP contribution in [0.25, 0.3) is 11.2 Å². The molecule has 0 bridgehead atoms. The Bertz CT molecular complexity index is 1240. The molecule has 14 heteroatoms. The Labute approximate surface area is 189 Å². The zero-order valence-electron chi connectivity index (χ0n) is 18.2. The van der Waals surface area contributed by atoms with Crippen molar-refractivity contribution < 1.29 is 26.3 Å². The fourth-order valence-electron chi connectivity index (χ4n) is 4.74. The van der Waals surface area contributed by atoms with Crippen LogP contribution < -0.4 is 9.80 Å². The van der Waals surface area contributed by atoms with Gasteiger partial charge in [0.05, 0.1) is 23.8 Å². The van der Waals surface area contributed by atoms with Gasteiger partial charge < -0.3 is 9.80 Å². The Kier molecular flexibility index (Phi) is 4.92. The van der Waals surface area contributed by atoms with Gasteiger partial charge in [0.25, 0.3) is 0 Å². The maximum Gasteiger partial charge on any atom is 0.435 e. The number of alkyl halides is 6. The molecular weight excluding hydrogens is 466 g/mol. The molecule has 1 spiro atoms. The van der Waals surface area contributed by atoms with Gasteiger partial charge in [-0.2, -0.15) is 31.4 Å². The number of rotatable bonds is 3. The van der Waals surface area contributed by atoms with E-state index < -0.39 is 24.6 Å². The Morgan fingerprint density at radius 3 is 2.32 bits per heavy atom. The average molecular weight is 486 g/mol. The molecule has 2 aliphatic rings. The molecular formula is C20H20F6N8. The Morgan fingerprint density at radius 2 is 1.65 bits per heavy atom. The van der Waals surface area contributed by atoms with Crippen molar-refractivity contribution in [1.29, 1.82) is 0 Å². The summed E-state index contributed by atoms with van der Waals surface area (Å²) >= 11 is 0. The zero-order chi connectivity index (χ0) is 24.5. The van der Waals surface area contributed by atoms with Crippen LogP contribution in [0.4, 0.5) is 37.8 Å². The lowest BCUT2D eigenvalue weighted by Gasteiger charge is -2.49. The van der Waals surface area contributed by atoms with Gasteiger partial charge in [-0.1, -0.05) is 0 Å². The molecule has 0 N–H and O–H groups in total. The van der Waals surface area contributed by atoms with Gasteiger partial charge in [0.15, 0.2) is 11.3 Å². The van der Waals surface area contributed by atoms with Crippen LogP contribution in [0.5, 0.6) is 0 Å². The molecule has 3 aromatic heterocycles. The minimum absolute atomic E-state index is 0.0464. The summed E-state index contributed by atoms with van der Waals surface area (Å²) < 4.78 is 79.9. The highest BCUT2D eigenvalue weighted by atomic mass is 19.4. The smallest absolute Gasteiger partial charge is 0.367 e. The van der Waals surface area contributed by atoms with E-state index in [0.29, 0.717) is 49.6 Å². The van der Waals surface area contributed by atoms with Crippen LogP contribution in [0.3, 0.4) is 0 Å². The molecule has 34 heavy (non-hydrogen) atoms. The first-order valence-corrected chi connectivity index (χ1v) is 10.5. The Morgan fingerprint density at radius 1 is 0.941 bits per heavy atom. The van der Waals surface area contributed by atoms with Gasteiger partial charge in [-0.25, -0.2) is 24.6 Å². The van der Waals surface area contributed by atoms with Crippen molar-refractivity contribution in [2.75, 3.05) is 36.0 Å². The summed E-state index contributed by atoms with van der Waals surface area (Å²) in [4.78, 5) is 19.7. The molecule has 2 saturated heterocycles. The molecule has 0 aliphatic carbocycles. The summed E-state index contributed by atoms with van der Waals surface area (Å²) in [5.74, 6) is 0.466. The number of nitrogens with zero attached hydrogens (tertiary/aromatic N) is 8. The van der Waals surface area contributed by atoms with Crippen LogP contribution in [0, 0.1) is 19.3 Å². The second-order valence-corrected chi connectivity index (χ2v) is 8.94. The van der Waals surface area contributed by atoms with Gasteiger partial charge in [0, 0.05) is 31.6 Å². The van der Waals surface area contributed by atoms with Crippen LogP contribution in [0.15, 0.2) is 12.4 Å². The van der Waals surface area contributed by atoms with Gasteiger partial charge in [-0.3, -0.25) is 0 Å². The topological polar surface area (TPSA) is 75.9 Å². The standard InChI is InChI=1S/C20H20F6N8/c1-11-15-17(34(31-11)10-19(21,22)23)30-14(6-28-15)32-4-3-18(7-32)8-33(9-18)13-5-27-12(2)29-16(13)20(24,25)26/h5-6H,3-4,7-10H2,1-2H3. The van der Waals surface area contributed by atoms with Crippen molar-refractivity contribution in [3.63, 3.8) is 0 Å². The highest BCUT2D eigenvalue weighted by molar-refractivity contribution is 5.75. The molecule has 0 unspecified atom stereocenters. The Balaban J connectivity index is 1.34.